The maximum Gasteiger partial charge on any atom is 0.276 e. The molecule has 0 bridgehead atoms. The van der Waals surface area contributed by atoms with E-state index >= 15 is 0 Å². The second-order valence-corrected chi connectivity index (χ2v) is 8.23. The topological polar surface area (TPSA) is 95.3 Å². The molecule has 0 radical (unpaired) electrons. The first-order chi connectivity index (χ1) is 14.5. The Morgan fingerprint density at radius 1 is 1.20 bits per heavy atom. The van der Waals surface area contributed by atoms with E-state index in [1.807, 2.05) is 35.2 Å². The lowest BCUT2D eigenvalue weighted by Crippen LogP contribution is -2.66. The molecule has 5 rings (SSSR count). The number of likely N-dealkylation sites (tertiary alicyclic amines) is 1. The Kier molecular flexibility index (Phi) is 4.42. The monoisotopic (exact) mass is 405 g/mol. The van der Waals surface area contributed by atoms with Gasteiger partial charge in [-0.05, 0) is 18.9 Å². The van der Waals surface area contributed by atoms with Crippen molar-refractivity contribution in [3.8, 4) is 0 Å². The number of imidazole rings is 1. The summed E-state index contributed by atoms with van der Waals surface area (Å²) in [6.07, 6.45) is 3.02. The van der Waals surface area contributed by atoms with Crippen LogP contribution in [0.15, 0.2) is 47.2 Å². The number of amides is 2. The van der Waals surface area contributed by atoms with Gasteiger partial charge >= 0.3 is 0 Å². The third-order valence-electron chi connectivity index (χ3n) is 6.02. The van der Waals surface area contributed by atoms with E-state index in [0.29, 0.717) is 38.4 Å². The molecule has 1 fully saturated rings. The number of rotatable bonds is 4. The summed E-state index contributed by atoms with van der Waals surface area (Å²) in [7, 11) is 0. The zero-order valence-corrected chi connectivity index (χ0v) is 16.8. The number of aromatic nitrogens is 3. The van der Waals surface area contributed by atoms with Crippen LogP contribution in [0.3, 0.4) is 0 Å². The maximum absolute atomic E-state index is 13.7. The minimum absolute atomic E-state index is 0.0898. The molecule has 2 aliphatic rings. The summed E-state index contributed by atoms with van der Waals surface area (Å²) in [6, 6.07) is 11.6. The van der Waals surface area contributed by atoms with E-state index < -0.39 is 5.41 Å². The van der Waals surface area contributed by atoms with Gasteiger partial charge in [-0.3, -0.25) is 9.59 Å². The molecule has 0 atom stereocenters. The molecule has 0 aliphatic carbocycles. The van der Waals surface area contributed by atoms with Crippen molar-refractivity contribution in [2.75, 3.05) is 19.6 Å². The molecule has 1 N–H and O–H groups in total. The van der Waals surface area contributed by atoms with Gasteiger partial charge in [0, 0.05) is 32.1 Å². The highest BCUT2D eigenvalue weighted by Gasteiger charge is 2.53. The van der Waals surface area contributed by atoms with Crippen molar-refractivity contribution in [1.82, 2.24) is 24.9 Å². The van der Waals surface area contributed by atoms with Gasteiger partial charge in [0.2, 0.25) is 5.91 Å². The number of aryl methyl sites for hydroxylation is 1. The minimum Gasteiger partial charge on any atom is -0.361 e. The van der Waals surface area contributed by atoms with Crippen molar-refractivity contribution in [2.24, 2.45) is 5.41 Å². The van der Waals surface area contributed by atoms with E-state index in [0.717, 1.165) is 23.4 Å². The standard InChI is InChI=1S/C22H23N5O3/c1-15-9-18(25-30-15)20(28)27-12-22(13-27,10-16-5-3-2-4-6-16)21(29)26-8-7-17-19(11-26)24-14-23-17/h2-6,9,14H,7-8,10-13H2,1H3,(H,23,24). The lowest BCUT2D eigenvalue weighted by atomic mass is 9.73. The highest BCUT2D eigenvalue weighted by atomic mass is 16.5. The number of benzene rings is 1. The molecule has 2 aliphatic heterocycles. The van der Waals surface area contributed by atoms with Crippen molar-refractivity contribution in [2.45, 2.75) is 26.3 Å². The van der Waals surface area contributed by atoms with Crippen molar-refractivity contribution >= 4 is 11.8 Å². The Morgan fingerprint density at radius 2 is 2.00 bits per heavy atom. The summed E-state index contributed by atoms with van der Waals surface area (Å²) in [6.45, 7) is 3.67. The average molecular weight is 405 g/mol. The first-order valence-electron chi connectivity index (χ1n) is 10.1. The predicted molar refractivity (Wildman–Crippen MR) is 107 cm³/mol. The summed E-state index contributed by atoms with van der Waals surface area (Å²) < 4.78 is 5.04. The number of nitrogens with zero attached hydrogens (tertiary/aromatic N) is 4. The number of hydrogen-bond donors (Lipinski definition) is 1. The summed E-state index contributed by atoms with van der Waals surface area (Å²) in [5, 5.41) is 3.83. The van der Waals surface area contributed by atoms with E-state index in [1.54, 1.807) is 24.2 Å². The van der Waals surface area contributed by atoms with E-state index in [-0.39, 0.29) is 17.5 Å². The third-order valence-corrected chi connectivity index (χ3v) is 6.02. The van der Waals surface area contributed by atoms with Crippen LogP contribution in [0, 0.1) is 12.3 Å². The van der Waals surface area contributed by atoms with Crippen LogP contribution in [-0.2, 0) is 24.2 Å². The quantitative estimate of drug-likeness (QED) is 0.716. The Balaban J connectivity index is 1.37. The first kappa shape index (κ1) is 18.6. The van der Waals surface area contributed by atoms with Gasteiger partial charge in [-0.2, -0.15) is 0 Å². The molecule has 2 aromatic heterocycles. The van der Waals surface area contributed by atoms with Crippen LogP contribution >= 0.6 is 0 Å². The van der Waals surface area contributed by atoms with Crippen molar-refractivity contribution in [3.05, 3.63) is 71.1 Å². The molecule has 154 valence electrons. The second kappa shape index (κ2) is 7.12. The molecule has 4 heterocycles. The average Bonchev–Trinajstić information content (AvgIpc) is 3.38. The Morgan fingerprint density at radius 3 is 2.73 bits per heavy atom. The highest BCUT2D eigenvalue weighted by Crippen LogP contribution is 2.38. The van der Waals surface area contributed by atoms with E-state index in [4.69, 9.17) is 4.52 Å². The van der Waals surface area contributed by atoms with E-state index in [1.165, 1.54) is 0 Å². The van der Waals surface area contributed by atoms with E-state index in [2.05, 4.69) is 15.1 Å². The molecule has 8 heteroatoms. The second-order valence-electron chi connectivity index (χ2n) is 8.23. The number of fused-ring (bicyclic) bond motifs is 1. The number of hydrogen-bond acceptors (Lipinski definition) is 5. The fourth-order valence-electron chi connectivity index (χ4n) is 4.49. The highest BCUT2D eigenvalue weighted by molar-refractivity contribution is 5.95. The third kappa shape index (κ3) is 3.18. The molecule has 0 saturated carbocycles. The normalized spacial score (nSPS) is 17.4. The number of carbonyl (C=O) groups is 2. The number of H-pyrrole nitrogens is 1. The molecular formula is C22H23N5O3. The van der Waals surface area contributed by atoms with E-state index in [9.17, 15) is 9.59 Å². The van der Waals surface area contributed by atoms with Gasteiger partial charge in [-0.25, -0.2) is 4.98 Å². The first-order valence-corrected chi connectivity index (χ1v) is 10.1. The molecular weight excluding hydrogens is 382 g/mol. The van der Waals surface area contributed by atoms with Crippen LogP contribution in [0.4, 0.5) is 0 Å². The SMILES string of the molecule is Cc1cc(C(=O)N2CC(Cc3ccccc3)(C(=O)N3CCc4nc[nH]c4C3)C2)no1. The Labute approximate surface area is 173 Å². The van der Waals surface area contributed by atoms with Gasteiger partial charge in [0.1, 0.15) is 5.76 Å². The van der Waals surface area contributed by atoms with Gasteiger partial charge in [0.05, 0.1) is 29.7 Å². The smallest absolute Gasteiger partial charge is 0.276 e. The van der Waals surface area contributed by atoms with Gasteiger partial charge < -0.3 is 19.3 Å². The van der Waals surface area contributed by atoms with Crippen molar-refractivity contribution in [3.63, 3.8) is 0 Å². The van der Waals surface area contributed by atoms with Crippen LogP contribution in [-0.4, -0.2) is 56.4 Å². The maximum atomic E-state index is 13.7. The van der Waals surface area contributed by atoms with Crippen LogP contribution in [0.1, 0.15) is 33.2 Å². The van der Waals surface area contributed by atoms with Gasteiger partial charge in [-0.15, -0.1) is 0 Å². The molecule has 0 spiro atoms. The van der Waals surface area contributed by atoms with Crippen LogP contribution in [0.2, 0.25) is 0 Å². The molecule has 30 heavy (non-hydrogen) atoms. The summed E-state index contributed by atoms with van der Waals surface area (Å²) in [5.74, 6) is 0.485. The zero-order chi connectivity index (χ0) is 20.7. The molecule has 2 amide bonds. The lowest BCUT2D eigenvalue weighted by Gasteiger charge is -2.50. The summed E-state index contributed by atoms with van der Waals surface area (Å²) in [4.78, 5) is 37.5. The fourth-order valence-corrected chi connectivity index (χ4v) is 4.49. The molecule has 0 unspecified atom stereocenters. The van der Waals surface area contributed by atoms with Crippen molar-refractivity contribution < 1.29 is 14.1 Å². The number of aromatic amines is 1. The number of carbonyl (C=O) groups excluding carboxylic acids is 2. The fraction of sp³-hybridized carbons (Fsp3) is 0.364. The van der Waals surface area contributed by atoms with Crippen molar-refractivity contribution in [1.29, 1.82) is 0 Å². The van der Waals surface area contributed by atoms with Gasteiger partial charge in [0.15, 0.2) is 5.69 Å². The van der Waals surface area contributed by atoms with Crippen LogP contribution < -0.4 is 0 Å². The van der Waals surface area contributed by atoms with Gasteiger partial charge in [-0.1, -0.05) is 35.5 Å². The zero-order valence-electron chi connectivity index (χ0n) is 16.8. The molecule has 1 aromatic carbocycles. The largest absolute Gasteiger partial charge is 0.361 e. The Hall–Kier alpha value is -3.42. The van der Waals surface area contributed by atoms with Crippen LogP contribution in [0.5, 0.6) is 0 Å². The molecule has 8 nitrogen and oxygen atoms in total. The molecule has 3 aromatic rings. The molecule has 1 saturated heterocycles. The van der Waals surface area contributed by atoms with Gasteiger partial charge in [0.25, 0.3) is 5.91 Å². The minimum atomic E-state index is -0.632. The van der Waals surface area contributed by atoms with Crippen LogP contribution in [0.25, 0.3) is 0 Å². The summed E-state index contributed by atoms with van der Waals surface area (Å²) in [5.41, 5.74) is 2.77. The summed E-state index contributed by atoms with van der Waals surface area (Å²) >= 11 is 0. The number of nitrogens with one attached hydrogen (secondary N) is 1. The Bertz CT molecular complexity index is 1080. The predicted octanol–water partition coefficient (Wildman–Crippen LogP) is 1.98. The lowest BCUT2D eigenvalue weighted by molar-refractivity contribution is -0.152.